The van der Waals surface area contributed by atoms with E-state index in [1.807, 2.05) is 0 Å². The Morgan fingerprint density at radius 1 is 1.29 bits per heavy atom. The Bertz CT molecular complexity index is 485. The first-order valence-corrected chi connectivity index (χ1v) is 7.69. The lowest BCUT2D eigenvalue weighted by Crippen LogP contribution is -2.14. The average molecular weight is 321 g/mol. The molecule has 0 saturated carbocycles. The van der Waals surface area contributed by atoms with E-state index in [1.54, 1.807) is 24.3 Å². The van der Waals surface area contributed by atoms with Crippen LogP contribution in [0.15, 0.2) is 24.3 Å². The Labute approximate surface area is 109 Å². The molecule has 94 valence electrons. The van der Waals surface area contributed by atoms with Crippen molar-refractivity contribution in [3.63, 3.8) is 0 Å². The SMILES string of the molecule is NS(=O)(=O)Cc1ccc(NC(=O)CCBr)cc1. The minimum Gasteiger partial charge on any atom is -0.326 e. The number of hydrogen-bond acceptors (Lipinski definition) is 3. The predicted molar refractivity (Wildman–Crippen MR) is 70.3 cm³/mol. The van der Waals surface area contributed by atoms with Gasteiger partial charge < -0.3 is 5.32 Å². The van der Waals surface area contributed by atoms with Crippen LogP contribution in [0.1, 0.15) is 12.0 Å². The number of primary sulfonamides is 1. The largest absolute Gasteiger partial charge is 0.326 e. The van der Waals surface area contributed by atoms with E-state index < -0.39 is 10.0 Å². The third kappa shape index (κ3) is 5.81. The van der Waals surface area contributed by atoms with Crippen molar-refractivity contribution >= 4 is 37.5 Å². The number of anilines is 1. The van der Waals surface area contributed by atoms with Crippen molar-refractivity contribution in [3.05, 3.63) is 29.8 Å². The number of sulfonamides is 1. The maximum atomic E-state index is 11.3. The number of hydrogen-bond donors (Lipinski definition) is 2. The van der Waals surface area contributed by atoms with Gasteiger partial charge in [0.1, 0.15) is 0 Å². The Morgan fingerprint density at radius 3 is 2.35 bits per heavy atom. The summed E-state index contributed by atoms with van der Waals surface area (Å²) in [7, 11) is -3.52. The molecule has 0 radical (unpaired) electrons. The number of nitrogens with one attached hydrogen (secondary N) is 1. The summed E-state index contributed by atoms with van der Waals surface area (Å²) in [6.45, 7) is 0. The molecule has 0 spiro atoms. The number of rotatable bonds is 5. The number of carbonyl (C=O) groups excluding carboxylic acids is 1. The molecular formula is C10H13BrN2O3S. The zero-order chi connectivity index (χ0) is 12.9. The summed E-state index contributed by atoms with van der Waals surface area (Å²) < 4.78 is 21.7. The molecule has 1 rings (SSSR count). The van der Waals surface area contributed by atoms with Gasteiger partial charge in [-0.3, -0.25) is 4.79 Å². The molecule has 5 nitrogen and oxygen atoms in total. The van der Waals surface area contributed by atoms with E-state index in [-0.39, 0.29) is 11.7 Å². The van der Waals surface area contributed by atoms with Gasteiger partial charge in [0.25, 0.3) is 0 Å². The summed E-state index contributed by atoms with van der Waals surface area (Å²) in [5.41, 5.74) is 1.22. The number of alkyl halides is 1. The van der Waals surface area contributed by atoms with Crippen molar-refractivity contribution in [3.8, 4) is 0 Å². The lowest BCUT2D eigenvalue weighted by Gasteiger charge is -2.05. The fourth-order valence-electron chi connectivity index (χ4n) is 1.23. The van der Waals surface area contributed by atoms with E-state index in [0.717, 1.165) is 0 Å². The van der Waals surface area contributed by atoms with E-state index in [1.165, 1.54) is 0 Å². The second-order valence-electron chi connectivity index (χ2n) is 3.49. The predicted octanol–water partition coefficient (Wildman–Crippen LogP) is 1.20. The molecule has 0 atom stereocenters. The van der Waals surface area contributed by atoms with Crippen molar-refractivity contribution in [1.29, 1.82) is 0 Å². The van der Waals surface area contributed by atoms with Crippen molar-refractivity contribution in [1.82, 2.24) is 0 Å². The van der Waals surface area contributed by atoms with Gasteiger partial charge in [0.15, 0.2) is 0 Å². The number of amides is 1. The van der Waals surface area contributed by atoms with Gasteiger partial charge in [-0.2, -0.15) is 0 Å². The Kier molecular flexibility index (Phi) is 5.10. The van der Waals surface area contributed by atoms with Crippen LogP contribution in [-0.4, -0.2) is 19.7 Å². The lowest BCUT2D eigenvalue weighted by molar-refractivity contribution is -0.115. The summed E-state index contributed by atoms with van der Waals surface area (Å²) in [5.74, 6) is -0.302. The molecule has 0 aliphatic heterocycles. The third-order valence-electron chi connectivity index (χ3n) is 1.93. The van der Waals surface area contributed by atoms with Crippen LogP contribution >= 0.6 is 15.9 Å². The number of nitrogens with two attached hydrogens (primary N) is 1. The highest BCUT2D eigenvalue weighted by atomic mass is 79.9. The molecule has 0 heterocycles. The number of carbonyl (C=O) groups is 1. The van der Waals surface area contributed by atoms with Gasteiger partial charge in [-0.15, -0.1) is 0 Å². The molecule has 0 fully saturated rings. The normalized spacial score (nSPS) is 11.2. The highest BCUT2D eigenvalue weighted by Crippen LogP contribution is 2.11. The molecule has 7 heteroatoms. The third-order valence-corrected chi connectivity index (χ3v) is 3.06. The van der Waals surface area contributed by atoms with Gasteiger partial charge in [-0.25, -0.2) is 13.6 Å². The average Bonchev–Trinajstić information content (AvgIpc) is 2.19. The molecule has 1 aromatic carbocycles. The van der Waals surface area contributed by atoms with Gasteiger partial charge >= 0.3 is 0 Å². The second-order valence-corrected chi connectivity index (χ2v) is 5.90. The molecule has 0 aliphatic rings. The lowest BCUT2D eigenvalue weighted by atomic mass is 10.2. The molecular weight excluding hydrogens is 308 g/mol. The first-order valence-electron chi connectivity index (χ1n) is 4.86. The molecule has 3 N–H and O–H groups in total. The molecule has 0 aromatic heterocycles. The van der Waals surface area contributed by atoms with Gasteiger partial charge in [-0.05, 0) is 17.7 Å². The van der Waals surface area contributed by atoms with Crippen molar-refractivity contribution in [2.75, 3.05) is 10.6 Å². The summed E-state index contributed by atoms with van der Waals surface area (Å²) in [5, 5.41) is 8.21. The van der Waals surface area contributed by atoms with Crippen LogP contribution in [0.2, 0.25) is 0 Å². The van der Waals surface area contributed by atoms with Gasteiger partial charge in [0.2, 0.25) is 15.9 Å². The number of halogens is 1. The molecule has 17 heavy (non-hydrogen) atoms. The van der Waals surface area contributed by atoms with Gasteiger partial charge in [0.05, 0.1) is 5.75 Å². The summed E-state index contributed by atoms with van der Waals surface area (Å²) >= 11 is 3.17. The monoisotopic (exact) mass is 320 g/mol. The van der Waals surface area contributed by atoms with E-state index in [4.69, 9.17) is 5.14 Å². The van der Waals surface area contributed by atoms with Crippen LogP contribution in [0.3, 0.4) is 0 Å². The molecule has 0 unspecified atom stereocenters. The van der Waals surface area contributed by atoms with Crippen LogP contribution in [0, 0.1) is 0 Å². The fourth-order valence-corrected chi connectivity index (χ4v) is 2.24. The van der Waals surface area contributed by atoms with Crippen molar-refractivity contribution in [2.24, 2.45) is 5.14 Å². The number of benzene rings is 1. The maximum absolute atomic E-state index is 11.3. The van der Waals surface area contributed by atoms with Gasteiger partial charge in [-0.1, -0.05) is 28.1 Å². The summed E-state index contributed by atoms with van der Waals surface area (Å²) in [6.07, 6.45) is 0.388. The Morgan fingerprint density at radius 2 is 1.88 bits per heavy atom. The minimum atomic E-state index is -3.52. The Balaban J connectivity index is 2.65. The highest BCUT2D eigenvalue weighted by Gasteiger charge is 2.05. The highest BCUT2D eigenvalue weighted by molar-refractivity contribution is 9.09. The van der Waals surface area contributed by atoms with Crippen molar-refractivity contribution in [2.45, 2.75) is 12.2 Å². The Hall–Kier alpha value is -0.920. The van der Waals surface area contributed by atoms with Crippen LogP contribution in [0.5, 0.6) is 0 Å². The second kappa shape index (κ2) is 6.13. The zero-order valence-corrected chi connectivity index (χ0v) is 11.4. The first kappa shape index (κ1) is 14.1. The van der Waals surface area contributed by atoms with E-state index >= 15 is 0 Å². The molecule has 0 saturated heterocycles. The van der Waals surface area contributed by atoms with Crippen LogP contribution in [0.25, 0.3) is 0 Å². The standard InChI is InChI=1S/C10H13BrN2O3S/c11-6-5-10(14)13-9-3-1-8(2-4-9)7-17(12,15)16/h1-4H,5-7H2,(H,13,14)(H2,12,15,16). The van der Waals surface area contributed by atoms with E-state index in [9.17, 15) is 13.2 Å². The molecule has 1 amide bonds. The smallest absolute Gasteiger partial charge is 0.225 e. The van der Waals surface area contributed by atoms with Crippen LogP contribution in [0.4, 0.5) is 5.69 Å². The first-order chi connectivity index (χ1) is 7.90. The minimum absolute atomic E-state index is 0.0962. The van der Waals surface area contributed by atoms with Gasteiger partial charge in [0, 0.05) is 17.4 Å². The summed E-state index contributed by atoms with van der Waals surface area (Å²) in [6, 6.07) is 6.53. The van der Waals surface area contributed by atoms with E-state index in [2.05, 4.69) is 21.2 Å². The van der Waals surface area contributed by atoms with Crippen LogP contribution < -0.4 is 10.5 Å². The van der Waals surface area contributed by atoms with E-state index in [0.29, 0.717) is 23.0 Å². The fraction of sp³-hybridized carbons (Fsp3) is 0.300. The molecule has 0 bridgehead atoms. The quantitative estimate of drug-likeness (QED) is 0.799. The van der Waals surface area contributed by atoms with Crippen molar-refractivity contribution < 1.29 is 13.2 Å². The molecule has 0 aliphatic carbocycles. The zero-order valence-electron chi connectivity index (χ0n) is 9.02. The molecule has 1 aromatic rings. The summed E-state index contributed by atoms with van der Waals surface area (Å²) in [4.78, 5) is 11.3. The maximum Gasteiger partial charge on any atom is 0.225 e. The van der Waals surface area contributed by atoms with Crippen LogP contribution in [-0.2, 0) is 20.6 Å². The topological polar surface area (TPSA) is 89.3 Å².